The third kappa shape index (κ3) is 2.45. The summed E-state index contributed by atoms with van der Waals surface area (Å²) in [7, 11) is 0. The second kappa shape index (κ2) is 3.87. The molecule has 0 aliphatic heterocycles. The predicted molar refractivity (Wildman–Crippen MR) is 41.7 cm³/mol. The first kappa shape index (κ1) is 11.5. The van der Waals surface area contributed by atoms with Crippen LogP contribution in [-0.4, -0.2) is 22.4 Å². The second-order valence-corrected chi connectivity index (χ2v) is 2.69. The van der Waals surface area contributed by atoms with E-state index in [1.54, 1.807) is 0 Å². The Bertz CT molecular complexity index is 371. The first-order valence-corrected chi connectivity index (χ1v) is 3.87. The zero-order chi connectivity index (χ0) is 11.6. The molecule has 84 valence electrons. The van der Waals surface area contributed by atoms with Gasteiger partial charge in [0, 0.05) is 6.07 Å². The van der Waals surface area contributed by atoms with E-state index in [9.17, 15) is 22.4 Å². The van der Waals surface area contributed by atoms with Crippen LogP contribution in [-0.2, 0) is 12.7 Å². The van der Waals surface area contributed by atoms with Gasteiger partial charge < -0.3 is 5.73 Å². The molecule has 0 atom stereocenters. The Balaban J connectivity index is 3.15. The van der Waals surface area contributed by atoms with Gasteiger partial charge >= 0.3 is 6.18 Å². The summed E-state index contributed by atoms with van der Waals surface area (Å²) in [5.41, 5.74) is 3.09. The molecule has 1 aromatic rings. The third-order valence-electron chi connectivity index (χ3n) is 1.62. The van der Waals surface area contributed by atoms with Crippen molar-refractivity contribution in [3.8, 4) is 0 Å². The number of nitrogens with two attached hydrogens (primary N) is 1. The summed E-state index contributed by atoms with van der Waals surface area (Å²) < 4.78 is 49.0. The minimum atomic E-state index is -4.67. The minimum absolute atomic E-state index is 0.436. The Kier molecular flexibility index (Phi) is 2.96. The van der Waals surface area contributed by atoms with Crippen LogP contribution in [0.3, 0.4) is 0 Å². The van der Waals surface area contributed by atoms with Crippen LogP contribution in [0.15, 0.2) is 6.07 Å². The van der Waals surface area contributed by atoms with E-state index in [-0.39, 0.29) is 0 Å². The highest BCUT2D eigenvalue weighted by Gasteiger charge is 2.35. The molecule has 15 heavy (non-hydrogen) atoms. The fourth-order valence-electron chi connectivity index (χ4n) is 1.00. The summed E-state index contributed by atoms with van der Waals surface area (Å²) in [5.74, 6) is -1.08. The number of aryl methyl sites for hydroxylation is 1. The Labute approximate surface area is 81.7 Å². The van der Waals surface area contributed by atoms with Crippen LogP contribution in [0, 0.1) is 0 Å². The van der Waals surface area contributed by atoms with E-state index in [4.69, 9.17) is 5.73 Å². The van der Waals surface area contributed by atoms with Crippen molar-refractivity contribution in [2.24, 2.45) is 5.73 Å². The Hall–Kier alpha value is -1.60. The van der Waals surface area contributed by atoms with Gasteiger partial charge in [-0.05, 0) is 0 Å². The van der Waals surface area contributed by atoms with Crippen LogP contribution < -0.4 is 5.73 Å². The molecule has 0 spiro atoms. The van der Waals surface area contributed by atoms with Crippen molar-refractivity contribution < 1.29 is 22.4 Å². The summed E-state index contributed by atoms with van der Waals surface area (Å²) in [5, 5.41) is 3.04. The molecule has 2 N–H and O–H groups in total. The molecule has 1 rings (SSSR count). The second-order valence-electron chi connectivity index (χ2n) is 2.69. The van der Waals surface area contributed by atoms with E-state index in [1.165, 1.54) is 0 Å². The van der Waals surface area contributed by atoms with Crippen LogP contribution in [0.4, 0.5) is 17.6 Å². The molecule has 0 bridgehead atoms. The van der Waals surface area contributed by atoms with E-state index < -0.39 is 36.7 Å². The van der Waals surface area contributed by atoms with Crippen molar-refractivity contribution in [1.29, 1.82) is 0 Å². The number of amides is 1. The average molecular weight is 225 g/mol. The molecule has 0 saturated heterocycles. The van der Waals surface area contributed by atoms with Crippen molar-refractivity contribution in [3.05, 3.63) is 17.5 Å². The van der Waals surface area contributed by atoms with Gasteiger partial charge in [-0.2, -0.15) is 18.3 Å². The van der Waals surface area contributed by atoms with Gasteiger partial charge in [-0.25, -0.2) is 4.39 Å². The third-order valence-corrected chi connectivity index (χ3v) is 1.62. The standard InChI is InChI=1S/C7H7F4N3O/c8-1-2-14-4(6(12)15)3-5(13-14)7(9,10)11/h3H,1-2H2,(H2,12,15). The van der Waals surface area contributed by atoms with Crippen LogP contribution in [0.1, 0.15) is 16.2 Å². The molecule has 1 heterocycles. The van der Waals surface area contributed by atoms with Gasteiger partial charge in [-0.1, -0.05) is 0 Å². The van der Waals surface area contributed by atoms with Crippen LogP contribution in [0.2, 0.25) is 0 Å². The van der Waals surface area contributed by atoms with Crippen LogP contribution in [0.5, 0.6) is 0 Å². The lowest BCUT2D eigenvalue weighted by Crippen LogP contribution is -2.18. The number of aromatic nitrogens is 2. The molecule has 0 fully saturated rings. The van der Waals surface area contributed by atoms with Gasteiger partial charge in [0.05, 0.1) is 6.54 Å². The maximum Gasteiger partial charge on any atom is 0.435 e. The zero-order valence-corrected chi connectivity index (χ0v) is 7.38. The molecule has 0 aliphatic rings. The largest absolute Gasteiger partial charge is 0.435 e. The Morgan fingerprint density at radius 1 is 1.53 bits per heavy atom. The van der Waals surface area contributed by atoms with Crippen molar-refractivity contribution in [2.45, 2.75) is 12.7 Å². The van der Waals surface area contributed by atoms with Crippen molar-refractivity contribution in [3.63, 3.8) is 0 Å². The Morgan fingerprint density at radius 2 is 2.13 bits per heavy atom. The maximum absolute atomic E-state index is 12.2. The molecule has 4 nitrogen and oxygen atoms in total. The number of nitrogens with zero attached hydrogens (tertiary/aromatic N) is 2. The fourth-order valence-corrected chi connectivity index (χ4v) is 1.00. The van der Waals surface area contributed by atoms with Gasteiger partial charge in [-0.3, -0.25) is 9.48 Å². The van der Waals surface area contributed by atoms with Gasteiger partial charge in [0.2, 0.25) is 0 Å². The molecule has 0 saturated carbocycles. The monoisotopic (exact) mass is 225 g/mol. The summed E-state index contributed by atoms with van der Waals surface area (Å²) in [6, 6.07) is 0.498. The van der Waals surface area contributed by atoms with Crippen molar-refractivity contribution in [2.75, 3.05) is 6.67 Å². The number of halogens is 4. The Morgan fingerprint density at radius 3 is 2.53 bits per heavy atom. The topological polar surface area (TPSA) is 60.9 Å². The van der Waals surface area contributed by atoms with E-state index in [2.05, 4.69) is 5.10 Å². The summed E-state index contributed by atoms with van der Waals surface area (Å²) >= 11 is 0. The summed E-state index contributed by atoms with van der Waals surface area (Å²) in [6.07, 6.45) is -4.67. The van der Waals surface area contributed by atoms with Gasteiger partial charge in [0.1, 0.15) is 12.4 Å². The lowest BCUT2D eigenvalue weighted by Gasteiger charge is -2.01. The lowest BCUT2D eigenvalue weighted by atomic mass is 10.3. The normalized spacial score (nSPS) is 11.7. The SMILES string of the molecule is NC(=O)c1cc(C(F)(F)F)nn1CCF. The smallest absolute Gasteiger partial charge is 0.364 e. The molecule has 0 aromatic carbocycles. The number of rotatable bonds is 3. The molecule has 0 unspecified atom stereocenters. The number of hydrogen-bond donors (Lipinski definition) is 1. The lowest BCUT2D eigenvalue weighted by molar-refractivity contribution is -0.141. The van der Waals surface area contributed by atoms with Gasteiger partial charge in [0.15, 0.2) is 5.69 Å². The van der Waals surface area contributed by atoms with E-state index in [1.807, 2.05) is 0 Å². The quantitative estimate of drug-likeness (QED) is 0.779. The molecule has 1 amide bonds. The van der Waals surface area contributed by atoms with Crippen LogP contribution >= 0.6 is 0 Å². The fraction of sp³-hybridized carbons (Fsp3) is 0.429. The highest BCUT2D eigenvalue weighted by Crippen LogP contribution is 2.28. The molecule has 0 aliphatic carbocycles. The summed E-state index contributed by atoms with van der Waals surface area (Å²) in [6.45, 7) is -1.37. The number of alkyl halides is 4. The zero-order valence-electron chi connectivity index (χ0n) is 7.38. The molecule has 0 radical (unpaired) electrons. The average Bonchev–Trinajstić information content (AvgIpc) is 2.48. The summed E-state index contributed by atoms with van der Waals surface area (Å²) in [4.78, 5) is 10.7. The first-order valence-electron chi connectivity index (χ1n) is 3.87. The number of carbonyl (C=O) groups excluding carboxylic acids is 1. The first-order chi connectivity index (χ1) is 6.86. The molecule has 8 heteroatoms. The molecular formula is C7H7F4N3O. The van der Waals surface area contributed by atoms with Crippen molar-refractivity contribution in [1.82, 2.24) is 9.78 Å². The maximum atomic E-state index is 12.2. The van der Waals surface area contributed by atoms with Gasteiger partial charge in [-0.15, -0.1) is 0 Å². The van der Waals surface area contributed by atoms with E-state index in [0.29, 0.717) is 10.7 Å². The molecular weight excluding hydrogens is 218 g/mol. The highest BCUT2D eigenvalue weighted by molar-refractivity contribution is 5.91. The number of hydrogen-bond acceptors (Lipinski definition) is 2. The van der Waals surface area contributed by atoms with Crippen LogP contribution in [0.25, 0.3) is 0 Å². The highest BCUT2D eigenvalue weighted by atomic mass is 19.4. The van der Waals surface area contributed by atoms with E-state index >= 15 is 0 Å². The molecule has 1 aromatic heterocycles. The minimum Gasteiger partial charge on any atom is -0.364 e. The predicted octanol–water partition coefficient (Wildman–Crippen LogP) is 0.970. The number of carbonyl (C=O) groups is 1. The van der Waals surface area contributed by atoms with Gasteiger partial charge in [0.25, 0.3) is 5.91 Å². The van der Waals surface area contributed by atoms with E-state index in [0.717, 1.165) is 0 Å². The van der Waals surface area contributed by atoms with Crippen molar-refractivity contribution >= 4 is 5.91 Å². The number of primary amides is 1.